The van der Waals surface area contributed by atoms with Gasteiger partial charge >= 0.3 is 19.8 Å². The molecule has 8 nitrogen and oxygen atoms in total. The van der Waals surface area contributed by atoms with Crippen LogP contribution in [-0.2, 0) is 28.2 Å². The van der Waals surface area contributed by atoms with E-state index in [1.165, 1.54) is 199 Å². The summed E-state index contributed by atoms with van der Waals surface area (Å²) in [6.45, 7) is 3.73. The molecular formula is C49H95O8P. The van der Waals surface area contributed by atoms with Gasteiger partial charge in [-0.2, -0.15) is 0 Å². The molecule has 0 saturated carbocycles. The van der Waals surface area contributed by atoms with Crippen LogP contribution in [0.4, 0.5) is 0 Å². The van der Waals surface area contributed by atoms with Crippen molar-refractivity contribution in [3.8, 4) is 0 Å². The number of unbranched alkanes of at least 4 members (excludes halogenated alkanes) is 35. The minimum absolute atomic E-state index is 0.216. The van der Waals surface area contributed by atoms with Crippen molar-refractivity contribution < 1.29 is 37.9 Å². The second-order valence-electron chi connectivity index (χ2n) is 17.2. The molecule has 0 bridgehead atoms. The highest BCUT2D eigenvalue weighted by Gasteiger charge is 2.23. The molecule has 0 aromatic heterocycles. The first-order valence-electron chi connectivity index (χ1n) is 25.0. The second kappa shape index (κ2) is 45.3. The zero-order valence-electron chi connectivity index (χ0n) is 38.2. The second-order valence-corrected chi connectivity index (χ2v) is 18.4. The lowest BCUT2D eigenvalue weighted by molar-refractivity contribution is -0.161. The fourth-order valence-corrected chi connectivity index (χ4v) is 7.91. The lowest BCUT2D eigenvalue weighted by Crippen LogP contribution is -2.29. The molecule has 0 amide bonds. The zero-order chi connectivity index (χ0) is 42.5. The van der Waals surface area contributed by atoms with E-state index in [0.29, 0.717) is 6.42 Å². The molecule has 1 atom stereocenters. The van der Waals surface area contributed by atoms with E-state index in [1.54, 1.807) is 0 Å². The first-order chi connectivity index (χ1) is 28.3. The maximum absolute atomic E-state index is 12.5. The van der Waals surface area contributed by atoms with Gasteiger partial charge in [0.1, 0.15) is 6.61 Å². The van der Waals surface area contributed by atoms with Gasteiger partial charge in [-0.1, -0.05) is 231 Å². The van der Waals surface area contributed by atoms with Crippen LogP contribution in [0.5, 0.6) is 0 Å². The Morgan fingerprint density at radius 1 is 0.431 bits per heavy atom. The van der Waals surface area contributed by atoms with E-state index >= 15 is 0 Å². The fourth-order valence-electron chi connectivity index (χ4n) is 7.55. The number of hydrogen-bond acceptors (Lipinski definition) is 6. The van der Waals surface area contributed by atoms with Crippen molar-refractivity contribution in [1.82, 2.24) is 0 Å². The van der Waals surface area contributed by atoms with Crippen molar-refractivity contribution in [3.63, 3.8) is 0 Å². The van der Waals surface area contributed by atoms with Crippen molar-refractivity contribution in [3.05, 3.63) is 12.2 Å². The number of carbonyl (C=O) groups is 2. The molecule has 0 aliphatic heterocycles. The van der Waals surface area contributed by atoms with Gasteiger partial charge in [-0.15, -0.1) is 0 Å². The summed E-state index contributed by atoms with van der Waals surface area (Å²) in [6.07, 6.45) is 52.3. The average molecular weight is 843 g/mol. The number of esters is 2. The van der Waals surface area contributed by atoms with E-state index in [4.69, 9.17) is 19.3 Å². The highest BCUT2D eigenvalue weighted by Crippen LogP contribution is 2.36. The quantitative estimate of drug-likeness (QED) is 0.0269. The number of allylic oxidation sites excluding steroid dienone is 2. The van der Waals surface area contributed by atoms with Crippen LogP contribution in [0.3, 0.4) is 0 Å². The highest BCUT2D eigenvalue weighted by molar-refractivity contribution is 7.46. The number of phosphoric ester groups is 1. The van der Waals surface area contributed by atoms with Gasteiger partial charge in [-0.05, 0) is 38.5 Å². The van der Waals surface area contributed by atoms with Crippen LogP contribution in [-0.4, -0.2) is 41.0 Å². The van der Waals surface area contributed by atoms with Crippen molar-refractivity contribution in [2.45, 2.75) is 277 Å². The van der Waals surface area contributed by atoms with Crippen molar-refractivity contribution in [2.75, 3.05) is 13.2 Å². The Balaban J connectivity index is 3.79. The Bertz CT molecular complexity index is 951. The molecule has 0 heterocycles. The van der Waals surface area contributed by atoms with E-state index in [2.05, 4.69) is 30.5 Å². The Morgan fingerprint density at radius 2 is 0.724 bits per heavy atom. The van der Waals surface area contributed by atoms with Gasteiger partial charge < -0.3 is 19.3 Å². The molecule has 0 aliphatic rings. The normalized spacial score (nSPS) is 12.4. The van der Waals surface area contributed by atoms with Crippen LogP contribution in [0.2, 0.25) is 0 Å². The van der Waals surface area contributed by atoms with E-state index in [9.17, 15) is 14.2 Å². The van der Waals surface area contributed by atoms with Crippen LogP contribution in [0.15, 0.2) is 12.2 Å². The molecule has 0 fully saturated rings. The van der Waals surface area contributed by atoms with Crippen LogP contribution in [0.25, 0.3) is 0 Å². The van der Waals surface area contributed by atoms with Gasteiger partial charge in [0.15, 0.2) is 6.10 Å². The predicted molar refractivity (Wildman–Crippen MR) is 244 cm³/mol. The predicted octanol–water partition coefficient (Wildman–Crippen LogP) is 15.8. The number of hydrogen-bond donors (Lipinski definition) is 2. The summed E-state index contributed by atoms with van der Waals surface area (Å²) in [4.78, 5) is 43.1. The molecule has 0 aromatic carbocycles. The summed E-state index contributed by atoms with van der Waals surface area (Å²) in [5, 5.41) is 0. The fraction of sp³-hybridized carbons (Fsp3) is 0.918. The van der Waals surface area contributed by atoms with Crippen LogP contribution in [0, 0.1) is 0 Å². The van der Waals surface area contributed by atoms with Gasteiger partial charge in [0.25, 0.3) is 0 Å². The topological polar surface area (TPSA) is 119 Å². The summed E-state index contributed by atoms with van der Waals surface area (Å²) in [6, 6.07) is 0. The first kappa shape index (κ1) is 56.8. The molecule has 0 saturated heterocycles. The van der Waals surface area contributed by atoms with Crippen LogP contribution >= 0.6 is 7.82 Å². The maximum atomic E-state index is 12.5. The molecule has 0 unspecified atom stereocenters. The smallest absolute Gasteiger partial charge is 0.462 e. The van der Waals surface area contributed by atoms with Crippen molar-refractivity contribution in [2.24, 2.45) is 0 Å². The molecule has 0 rings (SSSR count). The number of rotatable bonds is 47. The molecule has 0 radical (unpaired) electrons. The van der Waals surface area contributed by atoms with Gasteiger partial charge in [-0.25, -0.2) is 4.57 Å². The molecule has 9 heteroatoms. The Labute approximate surface area is 358 Å². The van der Waals surface area contributed by atoms with Gasteiger partial charge in [0.05, 0.1) is 6.61 Å². The number of ether oxygens (including phenoxy) is 2. The molecular weight excluding hydrogens is 748 g/mol. The maximum Gasteiger partial charge on any atom is 0.469 e. The van der Waals surface area contributed by atoms with E-state index in [0.717, 1.165) is 38.5 Å². The minimum atomic E-state index is -4.75. The molecule has 2 N–H and O–H groups in total. The third-order valence-electron chi connectivity index (χ3n) is 11.3. The van der Waals surface area contributed by atoms with E-state index in [-0.39, 0.29) is 19.4 Å². The van der Waals surface area contributed by atoms with E-state index in [1.807, 2.05) is 0 Å². The number of phosphoric acid groups is 1. The van der Waals surface area contributed by atoms with Gasteiger partial charge in [0.2, 0.25) is 0 Å². The molecule has 344 valence electrons. The molecule has 0 aromatic rings. The van der Waals surface area contributed by atoms with E-state index < -0.39 is 32.5 Å². The van der Waals surface area contributed by atoms with Crippen molar-refractivity contribution >= 4 is 19.8 Å². The van der Waals surface area contributed by atoms with Crippen molar-refractivity contribution in [1.29, 1.82) is 0 Å². The zero-order valence-corrected chi connectivity index (χ0v) is 39.1. The van der Waals surface area contributed by atoms with Crippen LogP contribution < -0.4 is 0 Å². The Morgan fingerprint density at radius 3 is 1.05 bits per heavy atom. The first-order valence-corrected chi connectivity index (χ1v) is 26.5. The molecule has 0 spiro atoms. The monoisotopic (exact) mass is 843 g/mol. The Kier molecular flexibility index (Phi) is 44.4. The van der Waals surface area contributed by atoms with Gasteiger partial charge in [0, 0.05) is 12.8 Å². The summed E-state index contributed by atoms with van der Waals surface area (Å²) in [7, 11) is -4.75. The lowest BCUT2D eigenvalue weighted by Gasteiger charge is -2.18. The largest absolute Gasteiger partial charge is 0.469 e. The summed E-state index contributed by atoms with van der Waals surface area (Å²) < 4.78 is 26.5. The van der Waals surface area contributed by atoms with Gasteiger partial charge in [-0.3, -0.25) is 14.1 Å². The summed E-state index contributed by atoms with van der Waals surface area (Å²) in [5.74, 6) is -0.867. The Hall–Kier alpha value is -1.21. The minimum Gasteiger partial charge on any atom is -0.462 e. The highest BCUT2D eigenvalue weighted by atomic mass is 31.2. The lowest BCUT2D eigenvalue weighted by atomic mass is 10.0. The SMILES string of the molecule is CCCCCCCC/C=C\CCCCCCCCCCCCCC(=O)O[C@H](COC(=O)CCCCCCCCCCCCCCCCCCCCC)COP(=O)(O)O. The van der Waals surface area contributed by atoms with Crippen LogP contribution in [0.1, 0.15) is 271 Å². The number of carbonyl (C=O) groups excluding carboxylic acids is 2. The third kappa shape index (κ3) is 47.5. The summed E-state index contributed by atoms with van der Waals surface area (Å²) in [5.41, 5.74) is 0. The third-order valence-corrected chi connectivity index (χ3v) is 11.8. The average Bonchev–Trinajstić information content (AvgIpc) is 3.20. The molecule has 58 heavy (non-hydrogen) atoms. The molecule has 0 aliphatic carbocycles. The standard InChI is InChI=1S/C49H95O8P/c1-3-5-7-9-11-13-15-17-19-21-23-24-26-28-30-32-34-36-38-40-42-44-49(51)57-47(46-56-58(52,53)54)45-55-48(50)43-41-39-37-35-33-31-29-27-25-22-20-18-16-14-12-10-8-6-4-2/h17,19,47H,3-16,18,20-46H2,1-2H3,(H2,52,53,54)/b19-17-/t47-/m1/s1. The summed E-state index contributed by atoms with van der Waals surface area (Å²) >= 11 is 0.